The van der Waals surface area contributed by atoms with Gasteiger partial charge in [0.2, 0.25) is 0 Å². The van der Waals surface area contributed by atoms with Crippen LogP contribution in [0.5, 0.6) is 0 Å². The Morgan fingerprint density at radius 3 is 2.73 bits per heavy atom. The van der Waals surface area contributed by atoms with E-state index in [1.807, 2.05) is 0 Å². The topological polar surface area (TPSA) is 81.2 Å². The summed E-state index contributed by atoms with van der Waals surface area (Å²) in [6.45, 7) is 2.81. The summed E-state index contributed by atoms with van der Waals surface area (Å²) in [7, 11) is -1.61. The molecule has 15 heavy (non-hydrogen) atoms. The lowest BCUT2D eigenvalue weighted by Gasteiger charge is -2.35. The van der Waals surface area contributed by atoms with Gasteiger partial charge in [-0.15, -0.1) is 0 Å². The Kier molecular flexibility index (Phi) is 2.53. The van der Waals surface area contributed by atoms with Crippen molar-refractivity contribution in [1.29, 1.82) is 0 Å². The normalized spacial score (nSPS) is 19.1. The van der Waals surface area contributed by atoms with Gasteiger partial charge in [0.15, 0.2) is 5.03 Å². The third kappa shape index (κ3) is 2.36. The van der Waals surface area contributed by atoms with Crippen molar-refractivity contribution in [3.05, 3.63) is 12.3 Å². The van der Waals surface area contributed by atoms with Crippen molar-refractivity contribution in [3.63, 3.8) is 0 Å². The van der Waals surface area contributed by atoms with Crippen LogP contribution < -0.4 is 5.14 Å². The van der Waals surface area contributed by atoms with Crippen LogP contribution in [0, 0.1) is 5.92 Å². The molecule has 0 spiro atoms. The van der Waals surface area contributed by atoms with E-state index in [9.17, 15) is 8.42 Å². The third-order valence-corrected chi connectivity index (χ3v) is 3.29. The molecule has 1 fully saturated rings. The second-order valence-electron chi connectivity index (χ2n) is 4.01. The van der Waals surface area contributed by atoms with Crippen molar-refractivity contribution < 1.29 is 8.42 Å². The molecular formula is C8H14N4O2S. The summed E-state index contributed by atoms with van der Waals surface area (Å²) >= 11 is 0. The van der Waals surface area contributed by atoms with Gasteiger partial charge in [0.25, 0.3) is 10.0 Å². The summed E-state index contributed by atoms with van der Waals surface area (Å²) in [5, 5.41) is 8.81. The van der Waals surface area contributed by atoms with Crippen LogP contribution in [0.2, 0.25) is 0 Å². The fourth-order valence-electron chi connectivity index (χ4n) is 1.80. The molecule has 0 radical (unpaired) electrons. The molecule has 2 rings (SSSR count). The van der Waals surface area contributed by atoms with E-state index in [-0.39, 0.29) is 5.03 Å². The highest BCUT2D eigenvalue weighted by Gasteiger charge is 2.24. The van der Waals surface area contributed by atoms with E-state index in [0.717, 1.165) is 19.6 Å². The molecule has 0 unspecified atom stereocenters. The minimum Gasteiger partial charge on any atom is -0.306 e. The fraction of sp³-hybridized carbons (Fsp3) is 0.625. The zero-order valence-electron chi connectivity index (χ0n) is 8.50. The third-order valence-electron chi connectivity index (χ3n) is 2.49. The van der Waals surface area contributed by atoms with Gasteiger partial charge in [-0.3, -0.25) is 4.68 Å². The number of sulfonamides is 1. The molecule has 2 N–H and O–H groups in total. The second-order valence-corrected chi connectivity index (χ2v) is 5.52. The highest BCUT2D eigenvalue weighted by Crippen LogP contribution is 2.15. The molecule has 0 bridgehead atoms. The predicted molar refractivity (Wildman–Crippen MR) is 54.6 cm³/mol. The molecule has 0 aliphatic carbocycles. The van der Waals surface area contributed by atoms with Gasteiger partial charge in [0.05, 0.1) is 0 Å². The SMILES string of the molecule is CN1CC(Cn2ccc(S(N)(=O)=O)n2)C1. The van der Waals surface area contributed by atoms with Crippen molar-refractivity contribution in [3.8, 4) is 0 Å². The van der Waals surface area contributed by atoms with Gasteiger partial charge >= 0.3 is 0 Å². The Balaban J connectivity index is 2.02. The summed E-state index contributed by atoms with van der Waals surface area (Å²) in [5.41, 5.74) is 0. The highest BCUT2D eigenvalue weighted by atomic mass is 32.2. The molecule has 2 heterocycles. The lowest BCUT2D eigenvalue weighted by molar-refractivity contribution is 0.115. The largest absolute Gasteiger partial charge is 0.306 e. The molecule has 0 atom stereocenters. The van der Waals surface area contributed by atoms with Crippen molar-refractivity contribution in [2.45, 2.75) is 11.6 Å². The molecule has 1 aromatic heterocycles. The van der Waals surface area contributed by atoms with Crippen LogP contribution in [0.25, 0.3) is 0 Å². The zero-order valence-corrected chi connectivity index (χ0v) is 9.31. The first-order valence-corrected chi connectivity index (χ1v) is 6.24. The zero-order chi connectivity index (χ0) is 11.1. The molecule has 84 valence electrons. The van der Waals surface area contributed by atoms with E-state index in [2.05, 4.69) is 17.0 Å². The lowest BCUT2D eigenvalue weighted by Crippen LogP contribution is -2.45. The molecule has 1 aromatic rings. The van der Waals surface area contributed by atoms with E-state index in [1.54, 1.807) is 10.9 Å². The number of likely N-dealkylation sites (tertiary alicyclic amines) is 1. The Morgan fingerprint density at radius 1 is 1.60 bits per heavy atom. The fourth-order valence-corrected chi connectivity index (χ4v) is 2.27. The maximum absolute atomic E-state index is 11.0. The second kappa shape index (κ2) is 3.58. The molecule has 1 aliphatic rings. The monoisotopic (exact) mass is 230 g/mol. The summed E-state index contributed by atoms with van der Waals surface area (Å²) < 4.78 is 23.6. The molecule has 6 nitrogen and oxygen atoms in total. The van der Waals surface area contributed by atoms with Crippen molar-refractivity contribution >= 4 is 10.0 Å². The van der Waals surface area contributed by atoms with Gasteiger partial charge in [-0.2, -0.15) is 5.10 Å². The number of hydrogen-bond donors (Lipinski definition) is 1. The van der Waals surface area contributed by atoms with Gasteiger partial charge < -0.3 is 4.90 Å². The van der Waals surface area contributed by atoms with Crippen LogP contribution in [-0.4, -0.2) is 43.2 Å². The van der Waals surface area contributed by atoms with Gasteiger partial charge in [-0.05, 0) is 13.1 Å². The average molecular weight is 230 g/mol. The van der Waals surface area contributed by atoms with Crippen molar-refractivity contribution in [2.75, 3.05) is 20.1 Å². The first-order chi connectivity index (χ1) is 6.95. The summed E-state index contributed by atoms with van der Waals surface area (Å²) in [5.74, 6) is 0.559. The molecule has 1 aliphatic heterocycles. The van der Waals surface area contributed by atoms with E-state index in [0.29, 0.717) is 5.92 Å². The van der Waals surface area contributed by atoms with Gasteiger partial charge in [-0.25, -0.2) is 13.6 Å². The number of aromatic nitrogens is 2. The van der Waals surface area contributed by atoms with E-state index >= 15 is 0 Å². The van der Waals surface area contributed by atoms with Crippen LogP contribution in [0.4, 0.5) is 0 Å². The number of hydrogen-bond acceptors (Lipinski definition) is 4. The number of nitrogens with two attached hydrogens (primary N) is 1. The molecule has 7 heteroatoms. The average Bonchev–Trinajstić information content (AvgIpc) is 2.49. The maximum atomic E-state index is 11.0. The van der Waals surface area contributed by atoms with E-state index in [1.165, 1.54) is 6.07 Å². The quantitative estimate of drug-likeness (QED) is 0.729. The molecule has 0 saturated carbocycles. The van der Waals surface area contributed by atoms with E-state index < -0.39 is 10.0 Å². The number of primary sulfonamides is 1. The Labute approximate surface area is 88.7 Å². The number of rotatable bonds is 3. The van der Waals surface area contributed by atoms with Crippen LogP contribution in [0.15, 0.2) is 17.3 Å². The van der Waals surface area contributed by atoms with Gasteiger partial charge in [-0.1, -0.05) is 0 Å². The number of nitrogens with zero attached hydrogens (tertiary/aromatic N) is 3. The standard InChI is InChI=1S/C8H14N4O2S/c1-11-4-7(5-11)6-12-3-2-8(10-12)15(9,13)14/h2-3,7H,4-6H2,1H3,(H2,9,13,14). The smallest absolute Gasteiger partial charge is 0.257 e. The molecule has 0 amide bonds. The Hall–Kier alpha value is -0.920. The summed E-state index contributed by atoms with van der Waals surface area (Å²) in [6.07, 6.45) is 1.65. The van der Waals surface area contributed by atoms with Gasteiger partial charge in [0, 0.05) is 31.7 Å². The molecule has 0 aromatic carbocycles. The van der Waals surface area contributed by atoms with Crippen LogP contribution >= 0.6 is 0 Å². The first-order valence-electron chi connectivity index (χ1n) is 4.70. The summed E-state index contributed by atoms with van der Waals surface area (Å²) in [4.78, 5) is 2.20. The Bertz CT molecular complexity index is 447. The molecule has 1 saturated heterocycles. The predicted octanol–water partition coefficient (Wildman–Crippen LogP) is -0.908. The van der Waals surface area contributed by atoms with Gasteiger partial charge in [0.1, 0.15) is 0 Å². The Morgan fingerprint density at radius 2 is 2.27 bits per heavy atom. The molecular weight excluding hydrogens is 216 g/mol. The van der Waals surface area contributed by atoms with Crippen LogP contribution in [-0.2, 0) is 16.6 Å². The minimum absolute atomic E-state index is 0.0600. The van der Waals surface area contributed by atoms with Crippen molar-refractivity contribution in [1.82, 2.24) is 14.7 Å². The lowest BCUT2D eigenvalue weighted by atomic mass is 10.0. The van der Waals surface area contributed by atoms with E-state index in [4.69, 9.17) is 5.14 Å². The minimum atomic E-state index is -3.66. The van der Waals surface area contributed by atoms with Crippen LogP contribution in [0.1, 0.15) is 0 Å². The van der Waals surface area contributed by atoms with Crippen LogP contribution in [0.3, 0.4) is 0 Å². The van der Waals surface area contributed by atoms with Crippen molar-refractivity contribution in [2.24, 2.45) is 11.1 Å². The first kappa shape index (κ1) is 10.6. The highest BCUT2D eigenvalue weighted by molar-refractivity contribution is 7.89. The summed E-state index contributed by atoms with van der Waals surface area (Å²) in [6, 6.07) is 1.43. The maximum Gasteiger partial charge on any atom is 0.257 e.